The Labute approximate surface area is 150 Å². The molecule has 1 aliphatic rings. The molecule has 3 heterocycles. The van der Waals surface area contributed by atoms with Gasteiger partial charge in [-0.25, -0.2) is 4.68 Å². The normalized spacial score (nSPS) is 16.5. The highest BCUT2D eigenvalue weighted by Gasteiger charge is 2.28. The Morgan fingerprint density at radius 3 is 2.96 bits per heavy atom. The van der Waals surface area contributed by atoms with Gasteiger partial charge in [0.1, 0.15) is 6.04 Å². The van der Waals surface area contributed by atoms with E-state index in [2.05, 4.69) is 30.7 Å². The molecule has 0 radical (unpaired) electrons. The summed E-state index contributed by atoms with van der Waals surface area (Å²) >= 11 is 1.50. The Bertz CT molecular complexity index is 676. The van der Waals surface area contributed by atoms with Gasteiger partial charge in [0.2, 0.25) is 11.1 Å². The van der Waals surface area contributed by atoms with Gasteiger partial charge in [-0.3, -0.25) is 14.7 Å². The Balaban J connectivity index is 1.58. The number of ether oxygens (including phenoxy) is 1. The standard InChI is InChI=1S/C15H21N7O2S/c1-21-15(18-19-20-21)25-10-5-17-14(23)13(12-3-2-4-16-11-12)22-6-8-24-9-7-22/h2-4,11,13H,5-10H2,1H3,(H,17,23)/t13-/m1/s1. The molecule has 1 aliphatic heterocycles. The largest absolute Gasteiger partial charge is 0.379 e. The molecule has 1 fully saturated rings. The number of hydrogen-bond donors (Lipinski definition) is 1. The maximum atomic E-state index is 12.8. The van der Waals surface area contributed by atoms with Crippen molar-refractivity contribution in [1.29, 1.82) is 0 Å². The molecule has 1 amide bonds. The Hall–Kier alpha value is -2.04. The Morgan fingerprint density at radius 2 is 2.28 bits per heavy atom. The number of morpholine rings is 1. The summed E-state index contributed by atoms with van der Waals surface area (Å²) in [5, 5.41) is 15.0. The molecule has 25 heavy (non-hydrogen) atoms. The summed E-state index contributed by atoms with van der Waals surface area (Å²) in [5.41, 5.74) is 0.895. The number of aromatic nitrogens is 5. The lowest BCUT2D eigenvalue weighted by molar-refractivity contribution is -0.128. The molecule has 1 saturated heterocycles. The number of tetrazole rings is 1. The molecule has 10 heteroatoms. The first-order chi connectivity index (χ1) is 12.3. The predicted octanol–water partition coefficient (Wildman–Crippen LogP) is -0.113. The number of aryl methyl sites for hydroxylation is 1. The first kappa shape index (κ1) is 17.8. The average molecular weight is 363 g/mol. The number of hydrogen-bond acceptors (Lipinski definition) is 8. The molecular formula is C15H21N7O2S. The average Bonchev–Trinajstić information content (AvgIpc) is 3.06. The monoisotopic (exact) mass is 363 g/mol. The molecular weight excluding hydrogens is 342 g/mol. The molecule has 134 valence electrons. The van der Waals surface area contributed by atoms with Crippen molar-refractivity contribution in [2.75, 3.05) is 38.6 Å². The van der Waals surface area contributed by atoms with E-state index < -0.39 is 0 Å². The zero-order valence-electron chi connectivity index (χ0n) is 14.0. The molecule has 0 unspecified atom stereocenters. The number of carbonyl (C=O) groups excluding carboxylic acids is 1. The van der Waals surface area contributed by atoms with Crippen LogP contribution in [0.25, 0.3) is 0 Å². The summed E-state index contributed by atoms with van der Waals surface area (Å²) in [4.78, 5) is 19.1. The van der Waals surface area contributed by atoms with Crippen LogP contribution in [-0.4, -0.2) is 74.6 Å². The van der Waals surface area contributed by atoms with E-state index in [1.807, 2.05) is 12.1 Å². The molecule has 2 aromatic rings. The Kier molecular flexibility index (Phi) is 6.31. The van der Waals surface area contributed by atoms with Crippen LogP contribution in [0.1, 0.15) is 11.6 Å². The minimum absolute atomic E-state index is 0.0217. The molecule has 9 nitrogen and oxygen atoms in total. The van der Waals surface area contributed by atoms with Crippen molar-refractivity contribution in [2.24, 2.45) is 7.05 Å². The van der Waals surface area contributed by atoms with Gasteiger partial charge in [0.15, 0.2) is 0 Å². The first-order valence-corrected chi connectivity index (χ1v) is 9.09. The van der Waals surface area contributed by atoms with Crippen LogP contribution in [-0.2, 0) is 16.6 Å². The molecule has 3 rings (SSSR count). The third-order valence-electron chi connectivity index (χ3n) is 3.87. The number of rotatable bonds is 7. The van der Waals surface area contributed by atoms with Crippen LogP contribution >= 0.6 is 11.8 Å². The van der Waals surface area contributed by atoms with Crippen LogP contribution in [0.5, 0.6) is 0 Å². The van der Waals surface area contributed by atoms with E-state index in [0.29, 0.717) is 25.5 Å². The SMILES string of the molecule is Cn1nnnc1SCCNC(=O)[C@@H](c1cccnc1)N1CCOCC1. The number of carbonyl (C=O) groups is 1. The number of thioether (sulfide) groups is 1. The quantitative estimate of drug-likeness (QED) is 0.537. The second kappa shape index (κ2) is 8.88. The van der Waals surface area contributed by atoms with Crippen molar-refractivity contribution in [2.45, 2.75) is 11.2 Å². The molecule has 0 saturated carbocycles. The van der Waals surface area contributed by atoms with Crippen LogP contribution in [0, 0.1) is 0 Å². The maximum Gasteiger partial charge on any atom is 0.242 e. The van der Waals surface area contributed by atoms with Crippen LogP contribution in [0.2, 0.25) is 0 Å². The number of amides is 1. The Morgan fingerprint density at radius 1 is 1.44 bits per heavy atom. The summed E-state index contributed by atoms with van der Waals surface area (Å²) in [6.07, 6.45) is 3.46. The fourth-order valence-corrected chi connectivity index (χ4v) is 3.36. The van der Waals surface area contributed by atoms with Gasteiger partial charge in [-0.05, 0) is 22.1 Å². The summed E-state index contributed by atoms with van der Waals surface area (Å²) in [6.45, 7) is 3.27. The zero-order valence-corrected chi connectivity index (χ0v) is 14.9. The highest BCUT2D eigenvalue weighted by Crippen LogP contribution is 2.21. The van der Waals surface area contributed by atoms with E-state index in [0.717, 1.165) is 23.8 Å². The molecule has 0 aliphatic carbocycles. The van der Waals surface area contributed by atoms with Crippen molar-refractivity contribution in [3.63, 3.8) is 0 Å². The number of nitrogens with zero attached hydrogens (tertiary/aromatic N) is 6. The van der Waals surface area contributed by atoms with E-state index >= 15 is 0 Å². The lowest BCUT2D eigenvalue weighted by atomic mass is 10.1. The lowest BCUT2D eigenvalue weighted by Crippen LogP contribution is -2.46. The minimum atomic E-state index is -0.348. The van der Waals surface area contributed by atoms with Gasteiger partial charge in [0, 0.05) is 44.8 Å². The maximum absolute atomic E-state index is 12.8. The minimum Gasteiger partial charge on any atom is -0.379 e. The fourth-order valence-electron chi connectivity index (χ4n) is 2.66. The van der Waals surface area contributed by atoms with E-state index in [1.54, 1.807) is 24.1 Å². The summed E-state index contributed by atoms with van der Waals surface area (Å²) in [7, 11) is 1.79. The van der Waals surface area contributed by atoms with Crippen molar-refractivity contribution in [1.82, 2.24) is 35.4 Å². The molecule has 1 N–H and O–H groups in total. The van der Waals surface area contributed by atoms with E-state index in [1.165, 1.54) is 11.8 Å². The topological polar surface area (TPSA) is 98.1 Å². The van der Waals surface area contributed by atoms with Gasteiger partial charge in [-0.2, -0.15) is 0 Å². The predicted molar refractivity (Wildman–Crippen MR) is 91.9 cm³/mol. The molecule has 0 bridgehead atoms. The second-order valence-corrected chi connectivity index (χ2v) is 6.62. The van der Waals surface area contributed by atoms with Crippen LogP contribution in [0.3, 0.4) is 0 Å². The highest BCUT2D eigenvalue weighted by molar-refractivity contribution is 7.99. The van der Waals surface area contributed by atoms with Crippen molar-refractivity contribution in [3.05, 3.63) is 30.1 Å². The number of pyridine rings is 1. The van der Waals surface area contributed by atoms with Crippen LogP contribution < -0.4 is 5.32 Å². The summed E-state index contributed by atoms with van der Waals surface area (Å²) < 4.78 is 7.01. The van der Waals surface area contributed by atoms with Gasteiger partial charge in [0.05, 0.1) is 13.2 Å². The number of nitrogens with one attached hydrogen (secondary N) is 1. The first-order valence-electron chi connectivity index (χ1n) is 8.10. The van der Waals surface area contributed by atoms with Gasteiger partial charge in [-0.1, -0.05) is 17.8 Å². The van der Waals surface area contributed by atoms with E-state index in [4.69, 9.17) is 4.74 Å². The fraction of sp³-hybridized carbons (Fsp3) is 0.533. The third-order valence-corrected chi connectivity index (χ3v) is 4.89. The van der Waals surface area contributed by atoms with E-state index in [-0.39, 0.29) is 11.9 Å². The lowest BCUT2D eigenvalue weighted by Gasteiger charge is -2.33. The van der Waals surface area contributed by atoms with E-state index in [9.17, 15) is 4.79 Å². The molecule has 1 atom stereocenters. The molecule has 2 aromatic heterocycles. The molecule has 0 aromatic carbocycles. The van der Waals surface area contributed by atoms with Crippen molar-refractivity contribution in [3.8, 4) is 0 Å². The van der Waals surface area contributed by atoms with Gasteiger partial charge >= 0.3 is 0 Å². The highest BCUT2D eigenvalue weighted by atomic mass is 32.2. The van der Waals surface area contributed by atoms with Crippen LogP contribution in [0.15, 0.2) is 29.7 Å². The summed E-state index contributed by atoms with van der Waals surface area (Å²) in [5.74, 6) is 0.676. The smallest absolute Gasteiger partial charge is 0.242 e. The van der Waals surface area contributed by atoms with Crippen molar-refractivity contribution < 1.29 is 9.53 Å². The van der Waals surface area contributed by atoms with Gasteiger partial charge in [-0.15, -0.1) is 5.10 Å². The van der Waals surface area contributed by atoms with Gasteiger partial charge < -0.3 is 10.1 Å². The van der Waals surface area contributed by atoms with Crippen LogP contribution in [0.4, 0.5) is 0 Å². The molecule has 0 spiro atoms. The zero-order chi connectivity index (χ0) is 17.5. The van der Waals surface area contributed by atoms with Crippen molar-refractivity contribution >= 4 is 17.7 Å². The third kappa shape index (κ3) is 4.74. The summed E-state index contributed by atoms with van der Waals surface area (Å²) in [6, 6.07) is 3.44. The second-order valence-electron chi connectivity index (χ2n) is 5.56. The van der Waals surface area contributed by atoms with Gasteiger partial charge in [0.25, 0.3) is 0 Å².